The molecule has 19 heavy (non-hydrogen) atoms. The van der Waals surface area contributed by atoms with Crippen LogP contribution in [-0.2, 0) is 0 Å². The predicted octanol–water partition coefficient (Wildman–Crippen LogP) is -0.770. The lowest BCUT2D eigenvalue weighted by atomic mass is 10.3. The van der Waals surface area contributed by atoms with Gasteiger partial charge in [-0.2, -0.15) is 4.99 Å². The summed E-state index contributed by atoms with van der Waals surface area (Å²) in [7, 11) is 7.80. The minimum atomic E-state index is 0. The second kappa shape index (κ2) is 5.90. The van der Waals surface area contributed by atoms with E-state index in [1.807, 2.05) is 57.4 Å². The zero-order chi connectivity index (χ0) is 13.2. The maximum Gasteiger partial charge on any atom is 0.376 e. The lowest BCUT2D eigenvalue weighted by molar-refractivity contribution is -0.804. The molecule has 2 rings (SSSR count). The van der Waals surface area contributed by atoms with Gasteiger partial charge in [-0.15, -0.1) is 9.71 Å². The van der Waals surface area contributed by atoms with Crippen molar-refractivity contribution in [2.75, 3.05) is 33.1 Å². The maximum absolute atomic E-state index is 4.16. The van der Waals surface area contributed by atoms with Crippen molar-refractivity contribution < 1.29 is 17.0 Å². The van der Waals surface area contributed by atoms with Crippen LogP contribution in [0.1, 0.15) is 0 Å². The molecular formula is C12H17ClN6. The second-order valence-electron chi connectivity index (χ2n) is 4.67. The molecule has 0 bridgehead atoms. The van der Waals surface area contributed by atoms with Gasteiger partial charge in [0.1, 0.15) is 14.1 Å². The van der Waals surface area contributed by atoms with E-state index < -0.39 is 0 Å². The third-order valence-corrected chi connectivity index (χ3v) is 2.62. The van der Waals surface area contributed by atoms with Gasteiger partial charge in [0.05, 0.1) is 5.69 Å². The van der Waals surface area contributed by atoms with Gasteiger partial charge >= 0.3 is 5.96 Å². The number of quaternary nitrogens is 1. The number of halogens is 1. The van der Waals surface area contributed by atoms with E-state index in [9.17, 15) is 0 Å². The molecule has 1 aliphatic rings. The van der Waals surface area contributed by atoms with Gasteiger partial charge in [-0.1, -0.05) is 10.2 Å². The van der Waals surface area contributed by atoms with Crippen LogP contribution in [0.15, 0.2) is 44.6 Å². The van der Waals surface area contributed by atoms with Crippen molar-refractivity contribution in [2.45, 2.75) is 0 Å². The molecule has 0 saturated heterocycles. The molecule has 102 valence electrons. The monoisotopic (exact) mass is 280 g/mol. The molecule has 0 saturated carbocycles. The number of anilines is 1. The minimum Gasteiger partial charge on any atom is -1.00 e. The standard InChI is InChI=1S/C12H17N6.ClH/c1-17(2)11-7-5-10(6-8-11)15-16-12-13-9-14-18(12,3)4;/h5-9H,1-4H3;1H/q+1;/p-1. The van der Waals surface area contributed by atoms with Crippen molar-refractivity contribution in [3.8, 4) is 0 Å². The van der Waals surface area contributed by atoms with E-state index in [2.05, 4.69) is 20.3 Å². The van der Waals surface area contributed by atoms with E-state index in [1.54, 1.807) is 0 Å². The normalized spacial score (nSPS) is 16.3. The lowest BCUT2D eigenvalue weighted by Crippen LogP contribution is -3.00. The molecular weight excluding hydrogens is 264 g/mol. The fraction of sp³-hybridized carbons (Fsp3) is 0.333. The Balaban J connectivity index is 0.00000180. The van der Waals surface area contributed by atoms with Crippen molar-refractivity contribution >= 4 is 23.7 Å². The summed E-state index contributed by atoms with van der Waals surface area (Å²) < 4.78 is 0.277. The van der Waals surface area contributed by atoms with Crippen molar-refractivity contribution in [1.82, 2.24) is 0 Å². The van der Waals surface area contributed by atoms with E-state index >= 15 is 0 Å². The summed E-state index contributed by atoms with van der Waals surface area (Å²) in [5, 5.41) is 12.4. The largest absolute Gasteiger partial charge is 1.00 e. The van der Waals surface area contributed by atoms with Gasteiger partial charge < -0.3 is 17.3 Å². The highest BCUT2D eigenvalue weighted by Crippen LogP contribution is 2.19. The Kier molecular flexibility index (Phi) is 4.74. The average Bonchev–Trinajstić information content (AvgIpc) is 2.66. The molecule has 0 N–H and O–H groups in total. The third-order valence-electron chi connectivity index (χ3n) is 2.62. The number of nitrogens with zero attached hydrogens (tertiary/aromatic N) is 6. The molecule has 7 heteroatoms. The van der Waals surface area contributed by atoms with Crippen LogP contribution in [0.25, 0.3) is 0 Å². The molecule has 1 aromatic carbocycles. The van der Waals surface area contributed by atoms with Crippen LogP contribution < -0.4 is 17.3 Å². The van der Waals surface area contributed by atoms with Crippen LogP contribution in [0.5, 0.6) is 0 Å². The van der Waals surface area contributed by atoms with Crippen molar-refractivity contribution in [1.29, 1.82) is 0 Å². The summed E-state index contributed by atoms with van der Waals surface area (Å²) >= 11 is 0. The number of benzene rings is 1. The summed E-state index contributed by atoms with van der Waals surface area (Å²) in [6.45, 7) is 0. The molecule has 0 aromatic heterocycles. The number of rotatable bonds is 2. The highest BCUT2D eigenvalue weighted by atomic mass is 35.5. The first-order chi connectivity index (χ1) is 8.49. The highest BCUT2D eigenvalue weighted by molar-refractivity contribution is 5.85. The Labute approximate surface area is 119 Å². The summed E-state index contributed by atoms with van der Waals surface area (Å²) in [5.41, 5.74) is 1.93. The summed E-state index contributed by atoms with van der Waals surface area (Å²) in [5.74, 6) is 0.576. The van der Waals surface area contributed by atoms with Gasteiger partial charge in [0.15, 0.2) is 6.34 Å². The van der Waals surface area contributed by atoms with Crippen LogP contribution in [0.2, 0.25) is 0 Å². The Hall–Kier alpha value is -1.79. The zero-order valence-electron chi connectivity index (χ0n) is 11.4. The van der Waals surface area contributed by atoms with Gasteiger partial charge in [-0.05, 0) is 24.3 Å². The fourth-order valence-electron chi connectivity index (χ4n) is 1.45. The molecule has 0 atom stereocenters. The van der Waals surface area contributed by atoms with Gasteiger partial charge in [0, 0.05) is 19.8 Å². The molecule has 0 spiro atoms. The Bertz CT molecular complexity index is 516. The van der Waals surface area contributed by atoms with E-state index in [1.165, 1.54) is 6.34 Å². The molecule has 0 radical (unpaired) electrons. The molecule has 1 aromatic rings. The topological polar surface area (TPSA) is 52.7 Å². The third kappa shape index (κ3) is 3.59. The van der Waals surface area contributed by atoms with Crippen LogP contribution in [-0.4, -0.2) is 45.1 Å². The molecule has 1 heterocycles. The van der Waals surface area contributed by atoms with Gasteiger partial charge in [0.25, 0.3) is 0 Å². The number of aliphatic imine (C=N–C) groups is 1. The summed E-state index contributed by atoms with van der Waals surface area (Å²) in [6.07, 6.45) is 1.50. The Morgan fingerprint density at radius 2 is 1.68 bits per heavy atom. The van der Waals surface area contributed by atoms with Crippen LogP contribution in [0.3, 0.4) is 0 Å². The first-order valence-corrected chi connectivity index (χ1v) is 5.64. The van der Waals surface area contributed by atoms with Crippen LogP contribution in [0.4, 0.5) is 11.4 Å². The second-order valence-corrected chi connectivity index (χ2v) is 4.67. The predicted molar refractivity (Wildman–Crippen MR) is 73.3 cm³/mol. The van der Waals surface area contributed by atoms with Gasteiger partial charge in [0.2, 0.25) is 0 Å². The Morgan fingerprint density at radius 3 is 2.16 bits per heavy atom. The smallest absolute Gasteiger partial charge is 0.376 e. The summed E-state index contributed by atoms with van der Waals surface area (Å²) in [6, 6.07) is 7.85. The van der Waals surface area contributed by atoms with Crippen LogP contribution in [0, 0.1) is 0 Å². The first kappa shape index (κ1) is 15.3. The van der Waals surface area contributed by atoms with Crippen molar-refractivity contribution in [3.63, 3.8) is 0 Å². The number of azo groups is 1. The average molecular weight is 281 g/mol. The quantitative estimate of drug-likeness (QED) is 0.518. The number of hydrogen-bond donors (Lipinski definition) is 0. The molecule has 0 amide bonds. The summed E-state index contributed by atoms with van der Waals surface area (Å²) in [4.78, 5) is 6.12. The van der Waals surface area contributed by atoms with Gasteiger partial charge in [-0.3, -0.25) is 0 Å². The van der Waals surface area contributed by atoms with Crippen molar-refractivity contribution in [3.05, 3.63) is 24.3 Å². The SMILES string of the molecule is CN(C)c1ccc(N=NC2=NC=N[N+]2(C)C)cc1.[Cl-]. The zero-order valence-corrected chi connectivity index (χ0v) is 12.2. The van der Waals surface area contributed by atoms with E-state index in [0.29, 0.717) is 5.96 Å². The Morgan fingerprint density at radius 1 is 1.05 bits per heavy atom. The van der Waals surface area contributed by atoms with Crippen molar-refractivity contribution in [2.24, 2.45) is 20.3 Å². The molecule has 0 aliphatic carbocycles. The molecule has 1 aliphatic heterocycles. The molecule has 0 unspecified atom stereocenters. The lowest BCUT2D eigenvalue weighted by Gasteiger charge is -2.13. The minimum absolute atomic E-state index is 0. The van der Waals surface area contributed by atoms with E-state index in [0.717, 1.165) is 11.4 Å². The first-order valence-electron chi connectivity index (χ1n) is 5.64. The molecule has 6 nitrogen and oxygen atoms in total. The van der Waals surface area contributed by atoms with E-state index in [-0.39, 0.29) is 17.0 Å². The number of hydrogen-bond acceptors (Lipinski definition) is 5. The fourth-order valence-corrected chi connectivity index (χ4v) is 1.45. The van der Waals surface area contributed by atoms with Crippen LogP contribution >= 0.6 is 0 Å². The highest BCUT2D eigenvalue weighted by Gasteiger charge is 2.27. The van der Waals surface area contributed by atoms with E-state index in [4.69, 9.17) is 0 Å². The molecule has 0 fully saturated rings. The number of guanidine groups is 1. The maximum atomic E-state index is 4.16. The van der Waals surface area contributed by atoms with Gasteiger partial charge in [-0.25, -0.2) is 0 Å².